The highest BCUT2D eigenvalue weighted by atomic mass is 35.5. The zero-order valence-electron chi connectivity index (χ0n) is 11.9. The lowest BCUT2D eigenvalue weighted by Gasteiger charge is -2.07. The molecule has 2 aromatic carbocycles. The minimum absolute atomic E-state index is 0.260. The Morgan fingerprint density at radius 2 is 1.77 bits per heavy atom. The smallest absolute Gasteiger partial charge is 0.358 e. The molecule has 0 aliphatic heterocycles. The van der Waals surface area contributed by atoms with Gasteiger partial charge in [-0.3, -0.25) is 0 Å². The lowest BCUT2D eigenvalue weighted by molar-refractivity contribution is 0.0593. The third-order valence-electron chi connectivity index (χ3n) is 3.24. The van der Waals surface area contributed by atoms with Crippen molar-refractivity contribution in [1.29, 1.82) is 0 Å². The highest BCUT2D eigenvalue weighted by Gasteiger charge is 2.16. The summed E-state index contributed by atoms with van der Waals surface area (Å²) in [7, 11) is 1.34. The van der Waals surface area contributed by atoms with Crippen molar-refractivity contribution in [3.63, 3.8) is 0 Å². The van der Waals surface area contributed by atoms with Crippen LogP contribution < -0.4 is 0 Å². The monoisotopic (exact) mass is 312 g/mol. The molecule has 0 fully saturated rings. The second kappa shape index (κ2) is 6.03. The van der Waals surface area contributed by atoms with Crippen molar-refractivity contribution in [1.82, 2.24) is 9.78 Å². The Bertz CT molecular complexity index is 795. The number of nitrogens with zero attached hydrogens (tertiary/aromatic N) is 2. The van der Waals surface area contributed by atoms with E-state index < -0.39 is 5.97 Å². The van der Waals surface area contributed by atoms with Gasteiger partial charge in [0.1, 0.15) is 0 Å². The van der Waals surface area contributed by atoms with Crippen LogP contribution in [0, 0.1) is 0 Å². The lowest BCUT2D eigenvalue weighted by atomic mass is 10.1. The van der Waals surface area contributed by atoms with Crippen molar-refractivity contribution in [2.45, 2.75) is 0 Å². The third kappa shape index (κ3) is 2.73. The topological polar surface area (TPSA) is 44.1 Å². The number of carbonyl (C=O) groups excluding carboxylic acids is 1. The molecule has 0 aliphatic carbocycles. The van der Waals surface area contributed by atoms with Gasteiger partial charge in [-0.05, 0) is 30.3 Å². The number of rotatable bonds is 3. The van der Waals surface area contributed by atoms with Crippen LogP contribution in [0.15, 0.2) is 60.7 Å². The molecule has 0 N–H and O–H groups in total. The number of halogens is 1. The largest absolute Gasteiger partial charge is 0.464 e. The maximum Gasteiger partial charge on any atom is 0.358 e. The Morgan fingerprint density at radius 1 is 1.09 bits per heavy atom. The summed E-state index contributed by atoms with van der Waals surface area (Å²) >= 11 is 5.93. The van der Waals surface area contributed by atoms with E-state index in [0.29, 0.717) is 5.02 Å². The fourth-order valence-electron chi connectivity index (χ4n) is 2.18. The van der Waals surface area contributed by atoms with Gasteiger partial charge in [-0.2, -0.15) is 5.10 Å². The average Bonchev–Trinajstić information content (AvgIpc) is 3.01. The first-order chi connectivity index (χ1) is 10.7. The van der Waals surface area contributed by atoms with Gasteiger partial charge in [-0.25, -0.2) is 9.48 Å². The summed E-state index contributed by atoms with van der Waals surface area (Å²) in [4.78, 5) is 11.8. The molecule has 4 nitrogen and oxygen atoms in total. The first-order valence-corrected chi connectivity index (χ1v) is 7.06. The van der Waals surface area contributed by atoms with Crippen LogP contribution in [0.3, 0.4) is 0 Å². The molecule has 0 aliphatic rings. The van der Waals surface area contributed by atoms with Crippen LogP contribution >= 0.6 is 11.6 Å². The summed E-state index contributed by atoms with van der Waals surface area (Å²) in [5, 5.41) is 5.00. The molecule has 3 aromatic rings. The first kappa shape index (κ1) is 14.4. The molecule has 1 heterocycles. The normalized spacial score (nSPS) is 10.5. The van der Waals surface area contributed by atoms with E-state index in [4.69, 9.17) is 16.3 Å². The Hall–Kier alpha value is -2.59. The van der Waals surface area contributed by atoms with Crippen LogP contribution in [-0.4, -0.2) is 22.9 Å². The predicted molar refractivity (Wildman–Crippen MR) is 85.3 cm³/mol. The van der Waals surface area contributed by atoms with Gasteiger partial charge in [0.2, 0.25) is 0 Å². The molecule has 0 saturated heterocycles. The maximum atomic E-state index is 11.8. The number of hydrogen-bond acceptors (Lipinski definition) is 3. The van der Waals surface area contributed by atoms with E-state index >= 15 is 0 Å². The number of esters is 1. The Kier molecular flexibility index (Phi) is 3.94. The number of hydrogen-bond donors (Lipinski definition) is 0. The molecule has 0 radical (unpaired) electrons. The highest BCUT2D eigenvalue weighted by molar-refractivity contribution is 6.30. The Labute approximate surface area is 132 Å². The van der Waals surface area contributed by atoms with Crippen molar-refractivity contribution in [3.05, 3.63) is 71.4 Å². The van der Waals surface area contributed by atoms with E-state index in [-0.39, 0.29) is 5.69 Å². The summed E-state index contributed by atoms with van der Waals surface area (Å²) in [6, 6.07) is 18.7. The average molecular weight is 313 g/mol. The zero-order valence-corrected chi connectivity index (χ0v) is 12.6. The van der Waals surface area contributed by atoms with E-state index in [0.717, 1.165) is 16.9 Å². The summed E-state index contributed by atoms with van der Waals surface area (Å²) in [6.07, 6.45) is 0. The van der Waals surface area contributed by atoms with Crippen molar-refractivity contribution < 1.29 is 9.53 Å². The maximum absolute atomic E-state index is 11.8. The molecule has 3 rings (SSSR count). The first-order valence-electron chi connectivity index (χ1n) is 6.69. The third-order valence-corrected chi connectivity index (χ3v) is 3.50. The molecule has 0 unspecified atom stereocenters. The number of ether oxygens (including phenoxy) is 1. The van der Waals surface area contributed by atoms with E-state index in [2.05, 4.69) is 5.10 Å². The van der Waals surface area contributed by atoms with Gasteiger partial charge < -0.3 is 4.74 Å². The molecule has 0 saturated carbocycles. The molecular weight excluding hydrogens is 300 g/mol. The van der Waals surface area contributed by atoms with Crippen molar-refractivity contribution in [2.24, 2.45) is 0 Å². The number of aromatic nitrogens is 2. The van der Waals surface area contributed by atoms with Gasteiger partial charge in [0.05, 0.1) is 18.5 Å². The second-order valence-corrected chi connectivity index (χ2v) is 5.10. The van der Waals surface area contributed by atoms with Crippen molar-refractivity contribution >= 4 is 17.6 Å². The molecule has 0 amide bonds. The summed E-state index contributed by atoms with van der Waals surface area (Å²) < 4.78 is 6.47. The SMILES string of the molecule is COC(=O)c1cc(-c2ccccc2)n(-c2ccc(Cl)cc2)n1. The van der Waals surface area contributed by atoms with Crippen LogP contribution in [0.25, 0.3) is 16.9 Å². The van der Waals surface area contributed by atoms with E-state index in [9.17, 15) is 4.79 Å². The van der Waals surface area contributed by atoms with Crippen LogP contribution in [0.2, 0.25) is 5.02 Å². The number of carbonyl (C=O) groups is 1. The molecule has 22 heavy (non-hydrogen) atoms. The summed E-state index contributed by atoms with van der Waals surface area (Å²) in [5.41, 5.74) is 2.85. The minimum Gasteiger partial charge on any atom is -0.464 e. The molecule has 0 atom stereocenters. The minimum atomic E-state index is -0.468. The quantitative estimate of drug-likeness (QED) is 0.687. The molecule has 0 bridgehead atoms. The van der Waals surface area contributed by atoms with Gasteiger partial charge in [0, 0.05) is 10.6 Å². The summed E-state index contributed by atoms with van der Waals surface area (Å²) in [5.74, 6) is -0.468. The molecule has 110 valence electrons. The molecule has 0 spiro atoms. The standard InChI is InChI=1S/C17H13ClN2O2/c1-22-17(21)15-11-16(12-5-3-2-4-6-12)20(19-15)14-9-7-13(18)8-10-14/h2-11H,1H3. The fourth-order valence-corrected chi connectivity index (χ4v) is 2.31. The van der Waals surface area contributed by atoms with Gasteiger partial charge in [-0.1, -0.05) is 41.9 Å². The lowest BCUT2D eigenvalue weighted by Crippen LogP contribution is -2.04. The van der Waals surface area contributed by atoms with Crippen LogP contribution in [0.4, 0.5) is 0 Å². The Morgan fingerprint density at radius 3 is 2.41 bits per heavy atom. The second-order valence-electron chi connectivity index (χ2n) is 4.66. The van der Waals surface area contributed by atoms with E-state index in [1.807, 2.05) is 42.5 Å². The number of benzene rings is 2. The van der Waals surface area contributed by atoms with Crippen molar-refractivity contribution in [3.8, 4) is 16.9 Å². The van der Waals surface area contributed by atoms with Crippen LogP contribution in [0.1, 0.15) is 10.5 Å². The van der Waals surface area contributed by atoms with Gasteiger partial charge >= 0.3 is 5.97 Å². The molecular formula is C17H13ClN2O2. The molecule has 5 heteroatoms. The van der Waals surface area contributed by atoms with Crippen molar-refractivity contribution in [2.75, 3.05) is 7.11 Å². The predicted octanol–water partition coefficient (Wildman–Crippen LogP) is 3.98. The van der Waals surface area contributed by atoms with Gasteiger partial charge in [0.25, 0.3) is 0 Å². The Balaban J connectivity index is 2.17. The van der Waals surface area contributed by atoms with E-state index in [1.165, 1.54) is 7.11 Å². The van der Waals surface area contributed by atoms with Gasteiger partial charge in [0.15, 0.2) is 5.69 Å². The van der Waals surface area contributed by atoms with Crippen LogP contribution in [0.5, 0.6) is 0 Å². The fraction of sp³-hybridized carbons (Fsp3) is 0.0588. The van der Waals surface area contributed by atoms with Gasteiger partial charge in [-0.15, -0.1) is 0 Å². The van der Waals surface area contributed by atoms with E-state index in [1.54, 1.807) is 22.9 Å². The zero-order chi connectivity index (χ0) is 15.5. The van der Waals surface area contributed by atoms with Crippen LogP contribution in [-0.2, 0) is 4.74 Å². The highest BCUT2D eigenvalue weighted by Crippen LogP contribution is 2.25. The number of methoxy groups -OCH3 is 1. The summed E-state index contributed by atoms with van der Waals surface area (Å²) in [6.45, 7) is 0. The molecule has 1 aromatic heterocycles.